The molecule has 0 aromatic heterocycles. The lowest BCUT2D eigenvalue weighted by atomic mass is 10.2. The summed E-state index contributed by atoms with van der Waals surface area (Å²) in [7, 11) is 0. The lowest BCUT2D eigenvalue weighted by Gasteiger charge is -2.21. The minimum Gasteiger partial charge on any atom is -0.369 e. The van der Waals surface area contributed by atoms with Crippen molar-refractivity contribution in [1.82, 2.24) is 4.90 Å². The van der Waals surface area contributed by atoms with E-state index in [1.54, 1.807) is 0 Å². The smallest absolute Gasteiger partial charge is 0.0427 e. The number of halogens is 1. The molecule has 0 saturated carbocycles. The summed E-state index contributed by atoms with van der Waals surface area (Å²) in [6, 6.07) is 10.6. The molecule has 15 heavy (non-hydrogen) atoms. The van der Waals surface area contributed by atoms with E-state index in [9.17, 15) is 0 Å². The van der Waals surface area contributed by atoms with Crippen LogP contribution in [0.1, 0.15) is 12.5 Å². The van der Waals surface area contributed by atoms with Gasteiger partial charge in [-0.3, -0.25) is 0 Å². The largest absolute Gasteiger partial charge is 0.369 e. The first kappa shape index (κ1) is 11.9. The lowest BCUT2D eigenvalue weighted by Crippen LogP contribution is -2.18. The normalized spacial score (nSPS) is 14.5. The summed E-state index contributed by atoms with van der Waals surface area (Å²) in [5, 5.41) is 0. The number of nitrogens with zero attached hydrogens (tertiary/aromatic N) is 1. The Balaban J connectivity index is 0.00000112. The van der Waals surface area contributed by atoms with Gasteiger partial charge in [0.15, 0.2) is 0 Å². The van der Waals surface area contributed by atoms with Gasteiger partial charge in [-0.1, -0.05) is 42.0 Å². The van der Waals surface area contributed by atoms with Crippen LogP contribution in [-0.2, 0) is 6.54 Å². The second kappa shape index (κ2) is 5.62. The third-order valence-electron chi connectivity index (χ3n) is 2.42. The molecular formula is C13H16ClN. The number of hydrogen-bond acceptors (Lipinski definition) is 1. The first-order chi connectivity index (χ1) is 6.84. The Morgan fingerprint density at radius 3 is 2.53 bits per heavy atom. The molecule has 1 nitrogen and oxygen atoms in total. The highest BCUT2D eigenvalue weighted by Crippen LogP contribution is 2.10. The maximum Gasteiger partial charge on any atom is 0.0427 e. The predicted octanol–water partition coefficient (Wildman–Crippen LogP) is 3.38. The van der Waals surface area contributed by atoms with Crippen LogP contribution in [0.4, 0.5) is 0 Å². The summed E-state index contributed by atoms with van der Waals surface area (Å²) in [5.41, 5.74) is 2.72. The Bertz CT molecular complexity index is 354. The summed E-state index contributed by atoms with van der Waals surface area (Å²) in [6.45, 7) is 4.16. The number of benzene rings is 1. The van der Waals surface area contributed by atoms with Crippen molar-refractivity contribution in [2.24, 2.45) is 0 Å². The van der Waals surface area contributed by atoms with Crippen LogP contribution in [0, 0.1) is 0 Å². The summed E-state index contributed by atoms with van der Waals surface area (Å²) >= 11 is 0. The number of rotatable bonds is 2. The average molecular weight is 222 g/mol. The minimum atomic E-state index is 0. The van der Waals surface area contributed by atoms with Crippen LogP contribution >= 0.6 is 12.4 Å². The number of hydrogen-bond donors (Lipinski definition) is 0. The molecule has 80 valence electrons. The highest BCUT2D eigenvalue weighted by atomic mass is 35.5. The standard InChI is InChI=1S/C13H15N.ClH/c1-12-7-9-14(10-8-12)11-13-5-3-2-4-6-13;/h2-9H,10-11H2,1H3;1H. The molecule has 1 aliphatic heterocycles. The van der Waals surface area contributed by atoms with Crippen molar-refractivity contribution in [1.29, 1.82) is 0 Å². The summed E-state index contributed by atoms with van der Waals surface area (Å²) in [4.78, 5) is 2.31. The molecule has 1 aliphatic rings. The zero-order valence-electron chi connectivity index (χ0n) is 8.89. The van der Waals surface area contributed by atoms with Crippen molar-refractivity contribution in [3.8, 4) is 0 Å². The lowest BCUT2D eigenvalue weighted by molar-refractivity contribution is 0.404. The van der Waals surface area contributed by atoms with Crippen molar-refractivity contribution in [2.75, 3.05) is 6.54 Å². The van der Waals surface area contributed by atoms with E-state index in [-0.39, 0.29) is 12.4 Å². The molecule has 1 aromatic rings. The van der Waals surface area contributed by atoms with Gasteiger partial charge in [0, 0.05) is 13.1 Å². The van der Waals surface area contributed by atoms with Crippen LogP contribution in [0.5, 0.6) is 0 Å². The van der Waals surface area contributed by atoms with E-state index >= 15 is 0 Å². The van der Waals surface area contributed by atoms with Gasteiger partial charge < -0.3 is 4.90 Å². The van der Waals surface area contributed by atoms with Gasteiger partial charge in [0.1, 0.15) is 0 Å². The van der Waals surface area contributed by atoms with E-state index < -0.39 is 0 Å². The first-order valence-corrected chi connectivity index (χ1v) is 4.97. The van der Waals surface area contributed by atoms with Gasteiger partial charge in [-0.05, 0) is 24.8 Å². The van der Waals surface area contributed by atoms with E-state index in [1.165, 1.54) is 11.1 Å². The van der Waals surface area contributed by atoms with Gasteiger partial charge in [-0.25, -0.2) is 0 Å². The molecule has 0 amide bonds. The summed E-state index contributed by atoms with van der Waals surface area (Å²) in [5.74, 6) is 0. The van der Waals surface area contributed by atoms with Gasteiger partial charge in [-0.2, -0.15) is 0 Å². The van der Waals surface area contributed by atoms with Crippen molar-refractivity contribution in [2.45, 2.75) is 13.5 Å². The zero-order valence-corrected chi connectivity index (χ0v) is 9.70. The first-order valence-electron chi connectivity index (χ1n) is 4.97. The number of allylic oxidation sites excluding steroid dienone is 2. The molecule has 1 aromatic carbocycles. The predicted molar refractivity (Wildman–Crippen MR) is 67.0 cm³/mol. The monoisotopic (exact) mass is 221 g/mol. The van der Waals surface area contributed by atoms with E-state index in [0.29, 0.717) is 0 Å². The summed E-state index contributed by atoms with van der Waals surface area (Å²) in [6.07, 6.45) is 6.58. The van der Waals surface area contributed by atoms with E-state index in [2.05, 4.69) is 60.5 Å². The van der Waals surface area contributed by atoms with Gasteiger partial charge in [0.05, 0.1) is 0 Å². The van der Waals surface area contributed by atoms with Gasteiger partial charge in [0.25, 0.3) is 0 Å². The molecule has 1 heterocycles. The van der Waals surface area contributed by atoms with Crippen LogP contribution in [0.3, 0.4) is 0 Å². The second-order valence-electron chi connectivity index (χ2n) is 3.68. The highest BCUT2D eigenvalue weighted by Gasteiger charge is 2.02. The Morgan fingerprint density at radius 1 is 1.20 bits per heavy atom. The minimum absolute atomic E-state index is 0. The Labute approximate surface area is 97.5 Å². The van der Waals surface area contributed by atoms with Crippen LogP contribution < -0.4 is 0 Å². The molecule has 0 atom stereocenters. The van der Waals surface area contributed by atoms with Crippen molar-refractivity contribution >= 4 is 12.4 Å². The molecule has 0 bridgehead atoms. The fraction of sp³-hybridized carbons (Fsp3) is 0.231. The van der Waals surface area contributed by atoms with E-state index in [4.69, 9.17) is 0 Å². The van der Waals surface area contributed by atoms with Crippen molar-refractivity contribution in [3.05, 3.63) is 59.8 Å². The molecule has 0 aliphatic carbocycles. The SMILES string of the molecule is CC1=CCN(Cc2ccccc2)C=C1.Cl. The maximum atomic E-state index is 2.31. The molecule has 2 rings (SSSR count). The second-order valence-corrected chi connectivity index (χ2v) is 3.68. The van der Waals surface area contributed by atoms with Crippen LogP contribution in [0.15, 0.2) is 54.3 Å². The third-order valence-corrected chi connectivity index (χ3v) is 2.42. The molecule has 0 N–H and O–H groups in total. The molecule has 2 heteroatoms. The molecule has 0 unspecified atom stereocenters. The van der Waals surface area contributed by atoms with Crippen LogP contribution in [-0.4, -0.2) is 11.4 Å². The van der Waals surface area contributed by atoms with E-state index in [1.807, 2.05) is 0 Å². The maximum absolute atomic E-state index is 2.31. The fourth-order valence-corrected chi connectivity index (χ4v) is 1.55. The van der Waals surface area contributed by atoms with Gasteiger partial charge in [-0.15, -0.1) is 12.4 Å². The highest BCUT2D eigenvalue weighted by molar-refractivity contribution is 5.85. The van der Waals surface area contributed by atoms with Crippen LogP contribution in [0.25, 0.3) is 0 Å². The Morgan fingerprint density at radius 2 is 1.93 bits per heavy atom. The van der Waals surface area contributed by atoms with E-state index in [0.717, 1.165) is 13.1 Å². The third kappa shape index (κ3) is 3.45. The van der Waals surface area contributed by atoms with Gasteiger partial charge in [0.2, 0.25) is 0 Å². The van der Waals surface area contributed by atoms with Crippen molar-refractivity contribution in [3.63, 3.8) is 0 Å². The Hall–Kier alpha value is -1.21. The van der Waals surface area contributed by atoms with Gasteiger partial charge >= 0.3 is 0 Å². The summed E-state index contributed by atoms with van der Waals surface area (Å²) < 4.78 is 0. The molecule has 0 spiro atoms. The topological polar surface area (TPSA) is 3.24 Å². The molecule has 0 saturated heterocycles. The van der Waals surface area contributed by atoms with Crippen LogP contribution in [0.2, 0.25) is 0 Å². The average Bonchev–Trinajstić information content (AvgIpc) is 2.23. The molecule has 0 radical (unpaired) electrons. The quantitative estimate of drug-likeness (QED) is 0.740. The Kier molecular flexibility index (Phi) is 4.44. The fourth-order valence-electron chi connectivity index (χ4n) is 1.55. The molecule has 0 fully saturated rings. The molecular weight excluding hydrogens is 206 g/mol. The van der Waals surface area contributed by atoms with Crippen molar-refractivity contribution < 1.29 is 0 Å². The zero-order chi connectivity index (χ0) is 9.80.